The second kappa shape index (κ2) is 12.6. The molecule has 0 aliphatic carbocycles. The van der Waals surface area contributed by atoms with Gasteiger partial charge >= 0.3 is 0 Å². The van der Waals surface area contributed by atoms with Gasteiger partial charge in [0.2, 0.25) is 11.8 Å². The van der Waals surface area contributed by atoms with Gasteiger partial charge in [-0.1, -0.05) is 64.3 Å². The zero-order chi connectivity index (χ0) is 22.1. The minimum Gasteiger partial charge on any atom is -0.354 e. The number of nitrogens with one attached hydrogen (secondary N) is 1. The molecule has 2 amide bonds. The second-order valence-corrected chi connectivity index (χ2v) is 9.59. The van der Waals surface area contributed by atoms with Crippen LogP contribution >= 0.6 is 50.9 Å². The molecule has 0 saturated carbocycles. The third-order valence-electron chi connectivity index (χ3n) is 4.48. The molecule has 0 aliphatic heterocycles. The van der Waals surface area contributed by atoms with Crippen LogP contribution in [0.5, 0.6) is 0 Å². The van der Waals surface area contributed by atoms with Crippen molar-refractivity contribution < 1.29 is 9.59 Å². The summed E-state index contributed by atoms with van der Waals surface area (Å²) < 4.78 is 0.966. The first-order chi connectivity index (χ1) is 14.3. The van der Waals surface area contributed by atoms with E-state index in [1.54, 1.807) is 24.0 Å². The van der Waals surface area contributed by atoms with Crippen LogP contribution in [0.25, 0.3) is 0 Å². The molecule has 0 aliphatic rings. The summed E-state index contributed by atoms with van der Waals surface area (Å²) in [7, 11) is 0. The smallest absolute Gasteiger partial charge is 0.242 e. The average molecular weight is 532 g/mol. The van der Waals surface area contributed by atoms with Gasteiger partial charge in [-0.25, -0.2) is 0 Å². The molecule has 1 N–H and O–H groups in total. The topological polar surface area (TPSA) is 49.4 Å². The largest absolute Gasteiger partial charge is 0.354 e. The summed E-state index contributed by atoms with van der Waals surface area (Å²) >= 11 is 17.0. The van der Waals surface area contributed by atoms with Gasteiger partial charge in [-0.3, -0.25) is 9.59 Å². The molecule has 0 saturated heterocycles. The van der Waals surface area contributed by atoms with Crippen LogP contribution in [-0.4, -0.2) is 35.1 Å². The van der Waals surface area contributed by atoms with Crippen LogP contribution in [0.3, 0.4) is 0 Å². The van der Waals surface area contributed by atoms with Gasteiger partial charge < -0.3 is 10.2 Å². The van der Waals surface area contributed by atoms with Crippen LogP contribution in [0.1, 0.15) is 31.4 Å². The second-order valence-electron chi connectivity index (χ2n) is 6.84. The number of carbonyl (C=O) groups is 2. The Kier molecular flexibility index (Phi) is 10.5. The molecule has 1 atom stereocenters. The maximum atomic E-state index is 13.0. The molecule has 8 heteroatoms. The van der Waals surface area contributed by atoms with E-state index in [9.17, 15) is 9.59 Å². The van der Waals surface area contributed by atoms with Gasteiger partial charge in [0.25, 0.3) is 0 Å². The molecule has 0 radical (unpaired) electrons. The van der Waals surface area contributed by atoms with Crippen molar-refractivity contribution in [1.29, 1.82) is 0 Å². The van der Waals surface area contributed by atoms with E-state index in [1.165, 1.54) is 11.8 Å². The third-order valence-corrected chi connectivity index (χ3v) is 6.56. The summed E-state index contributed by atoms with van der Waals surface area (Å²) in [5.74, 6) is 0.603. The van der Waals surface area contributed by atoms with Gasteiger partial charge in [-0.2, -0.15) is 0 Å². The summed E-state index contributed by atoms with van der Waals surface area (Å²) in [5, 5.41) is 4.05. The van der Waals surface area contributed by atoms with Crippen LogP contribution in [0.2, 0.25) is 10.0 Å². The molecular weight excluding hydrogens is 507 g/mol. The zero-order valence-corrected chi connectivity index (χ0v) is 20.9. The number of thioether (sulfide) groups is 1. The predicted molar refractivity (Wildman–Crippen MR) is 130 cm³/mol. The molecule has 1 unspecified atom stereocenters. The van der Waals surface area contributed by atoms with Crippen molar-refractivity contribution in [1.82, 2.24) is 10.2 Å². The lowest BCUT2D eigenvalue weighted by Crippen LogP contribution is -2.48. The van der Waals surface area contributed by atoms with Crippen molar-refractivity contribution in [2.24, 2.45) is 0 Å². The molecule has 0 bridgehead atoms. The standard InChI is InChI=1S/C22H25BrCl2N2O2S/c1-3-10-26-22(29)15(2)27(12-16-4-7-18(23)8-5-16)21(28)14-30-13-17-6-9-19(24)11-20(17)25/h4-9,11,15H,3,10,12-14H2,1-2H3,(H,26,29). The maximum absolute atomic E-state index is 13.0. The highest BCUT2D eigenvalue weighted by molar-refractivity contribution is 9.10. The summed E-state index contributed by atoms with van der Waals surface area (Å²) in [6, 6.07) is 12.5. The number of nitrogens with zero attached hydrogens (tertiary/aromatic N) is 1. The quantitative estimate of drug-likeness (QED) is 0.413. The Bertz CT molecular complexity index is 865. The lowest BCUT2D eigenvalue weighted by atomic mass is 10.1. The molecule has 0 fully saturated rings. The molecule has 2 aromatic carbocycles. The van der Waals surface area contributed by atoms with Crippen LogP contribution in [0.4, 0.5) is 0 Å². The molecule has 2 rings (SSSR count). The highest BCUT2D eigenvalue weighted by Crippen LogP contribution is 2.25. The Morgan fingerprint density at radius 3 is 2.50 bits per heavy atom. The Hall–Kier alpha value is -1.21. The lowest BCUT2D eigenvalue weighted by Gasteiger charge is -2.28. The summed E-state index contributed by atoms with van der Waals surface area (Å²) in [6.07, 6.45) is 0.844. The number of amides is 2. The number of halogens is 3. The highest BCUT2D eigenvalue weighted by Gasteiger charge is 2.25. The van der Waals surface area contributed by atoms with Crippen molar-refractivity contribution in [3.05, 3.63) is 68.1 Å². The van der Waals surface area contributed by atoms with E-state index in [2.05, 4.69) is 21.2 Å². The van der Waals surface area contributed by atoms with E-state index in [4.69, 9.17) is 23.2 Å². The Morgan fingerprint density at radius 1 is 1.17 bits per heavy atom. The minimum absolute atomic E-state index is 0.0906. The van der Waals surface area contributed by atoms with Crippen molar-refractivity contribution in [3.8, 4) is 0 Å². The molecular formula is C22H25BrCl2N2O2S. The Morgan fingerprint density at radius 2 is 1.87 bits per heavy atom. The first-order valence-corrected chi connectivity index (χ1v) is 12.4. The van der Waals surface area contributed by atoms with Crippen molar-refractivity contribution in [2.45, 2.75) is 38.6 Å². The fraction of sp³-hybridized carbons (Fsp3) is 0.364. The number of hydrogen-bond acceptors (Lipinski definition) is 3. The molecule has 4 nitrogen and oxygen atoms in total. The first kappa shape index (κ1) is 25.1. The molecule has 0 spiro atoms. The minimum atomic E-state index is -0.563. The molecule has 2 aromatic rings. The SMILES string of the molecule is CCCNC(=O)C(C)N(Cc1ccc(Br)cc1)C(=O)CSCc1ccc(Cl)cc1Cl. The molecule has 162 valence electrons. The average Bonchev–Trinajstić information content (AvgIpc) is 2.72. The van der Waals surface area contributed by atoms with E-state index >= 15 is 0 Å². The number of hydrogen-bond donors (Lipinski definition) is 1. The van der Waals surface area contributed by atoms with E-state index in [-0.39, 0.29) is 17.6 Å². The number of rotatable bonds is 10. The van der Waals surface area contributed by atoms with Gasteiger partial charge in [0, 0.05) is 33.4 Å². The van der Waals surface area contributed by atoms with Crippen LogP contribution in [0.15, 0.2) is 46.9 Å². The summed E-state index contributed by atoms with van der Waals surface area (Å²) in [6.45, 7) is 4.72. The van der Waals surface area contributed by atoms with Crippen molar-refractivity contribution in [2.75, 3.05) is 12.3 Å². The van der Waals surface area contributed by atoms with Gasteiger partial charge in [0.15, 0.2) is 0 Å². The number of carbonyl (C=O) groups excluding carboxylic acids is 2. The highest BCUT2D eigenvalue weighted by atomic mass is 79.9. The zero-order valence-electron chi connectivity index (χ0n) is 17.0. The van der Waals surface area contributed by atoms with E-state index in [0.717, 1.165) is 22.0 Å². The fourth-order valence-corrected chi connectivity index (χ4v) is 4.47. The fourth-order valence-electron chi connectivity index (χ4n) is 2.73. The first-order valence-electron chi connectivity index (χ1n) is 9.65. The predicted octanol–water partition coefficient (Wildman–Crippen LogP) is 5.93. The van der Waals surface area contributed by atoms with E-state index < -0.39 is 6.04 Å². The molecule has 0 heterocycles. The summed E-state index contributed by atoms with van der Waals surface area (Å²) in [5.41, 5.74) is 1.89. The molecule has 0 aromatic heterocycles. The Balaban J connectivity index is 2.06. The van der Waals surface area contributed by atoms with Crippen molar-refractivity contribution in [3.63, 3.8) is 0 Å². The normalized spacial score (nSPS) is 11.8. The van der Waals surface area contributed by atoms with Crippen LogP contribution in [0, 0.1) is 0 Å². The molecule has 30 heavy (non-hydrogen) atoms. The summed E-state index contributed by atoms with van der Waals surface area (Å²) in [4.78, 5) is 27.2. The van der Waals surface area contributed by atoms with Gasteiger partial charge in [-0.15, -0.1) is 11.8 Å². The van der Waals surface area contributed by atoms with Crippen molar-refractivity contribution >= 4 is 62.7 Å². The lowest BCUT2D eigenvalue weighted by molar-refractivity contribution is -0.138. The van der Waals surface area contributed by atoms with Gasteiger partial charge in [0.05, 0.1) is 5.75 Å². The monoisotopic (exact) mass is 530 g/mol. The van der Waals surface area contributed by atoms with Crippen LogP contribution < -0.4 is 5.32 Å². The third kappa shape index (κ3) is 7.80. The van der Waals surface area contributed by atoms with Gasteiger partial charge in [0.1, 0.15) is 6.04 Å². The van der Waals surface area contributed by atoms with Gasteiger partial charge in [-0.05, 0) is 48.7 Å². The number of benzene rings is 2. The maximum Gasteiger partial charge on any atom is 0.242 e. The van der Waals surface area contributed by atoms with Crippen LogP contribution in [-0.2, 0) is 21.9 Å². The Labute approximate surface area is 200 Å². The van der Waals surface area contributed by atoms with E-state index in [1.807, 2.05) is 37.3 Å². The van der Waals surface area contributed by atoms with E-state index in [0.29, 0.717) is 28.9 Å².